The summed E-state index contributed by atoms with van der Waals surface area (Å²) in [5, 5.41) is 0.608. The van der Waals surface area contributed by atoms with Crippen LogP contribution < -0.4 is 9.47 Å². The van der Waals surface area contributed by atoms with Gasteiger partial charge >= 0.3 is 6.01 Å². The van der Waals surface area contributed by atoms with Crippen molar-refractivity contribution in [3.63, 3.8) is 0 Å². The molecule has 0 aliphatic rings. The number of methoxy groups -OCH3 is 1. The number of aromatic nitrogens is 3. The Hall–Kier alpha value is -1.59. The molecule has 0 fully saturated rings. The number of benzene rings is 1. The fraction of sp³-hybridized carbons (Fsp3) is 0.308. The van der Waals surface area contributed by atoms with Gasteiger partial charge in [-0.25, -0.2) is 0 Å². The summed E-state index contributed by atoms with van der Waals surface area (Å²) < 4.78 is 10.7. The molecule has 0 aliphatic heterocycles. The van der Waals surface area contributed by atoms with Crippen LogP contribution in [0.15, 0.2) is 18.2 Å². The molecule has 7 heteroatoms. The van der Waals surface area contributed by atoms with Crippen LogP contribution in [0.4, 0.5) is 0 Å². The van der Waals surface area contributed by atoms with Gasteiger partial charge in [-0.05, 0) is 36.2 Å². The zero-order valence-electron chi connectivity index (χ0n) is 11.1. The number of halogens is 2. The number of ether oxygens (including phenoxy) is 2. The molecule has 5 nitrogen and oxygen atoms in total. The van der Waals surface area contributed by atoms with Gasteiger partial charge in [-0.3, -0.25) is 0 Å². The Balaban J connectivity index is 2.46. The van der Waals surface area contributed by atoms with Crippen molar-refractivity contribution in [2.75, 3.05) is 13.7 Å². The molecule has 0 saturated heterocycles. The standard InChI is InChI=1S/C13H13Cl2N3O2/c1-3-6-20-13-17-11(16-12(15)18-13)9-7-8(14)4-5-10(9)19-2/h4-5,7H,3,6H2,1-2H3. The monoisotopic (exact) mass is 313 g/mol. The van der Waals surface area contributed by atoms with Gasteiger partial charge in [-0.2, -0.15) is 15.0 Å². The van der Waals surface area contributed by atoms with E-state index in [9.17, 15) is 0 Å². The van der Waals surface area contributed by atoms with Crippen molar-refractivity contribution in [3.8, 4) is 23.1 Å². The summed E-state index contributed by atoms with van der Waals surface area (Å²) in [6.07, 6.45) is 0.846. The quantitative estimate of drug-likeness (QED) is 0.843. The maximum atomic E-state index is 6.00. The second kappa shape index (κ2) is 6.72. The normalized spacial score (nSPS) is 10.4. The molecule has 2 rings (SSSR count). The Morgan fingerprint density at radius 1 is 1.15 bits per heavy atom. The van der Waals surface area contributed by atoms with Crippen LogP contribution in [0.2, 0.25) is 10.3 Å². The molecule has 0 spiro atoms. The van der Waals surface area contributed by atoms with Crippen LogP contribution in [0.5, 0.6) is 11.8 Å². The van der Waals surface area contributed by atoms with Crippen LogP contribution in [-0.2, 0) is 0 Å². The average molecular weight is 314 g/mol. The summed E-state index contributed by atoms with van der Waals surface area (Å²) in [5.41, 5.74) is 0.630. The Bertz CT molecular complexity index is 608. The van der Waals surface area contributed by atoms with Gasteiger partial charge in [-0.1, -0.05) is 18.5 Å². The molecular weight excluding hydrogens is 301 g/mol. The summed E-state index contributed by atoms with van der Waals surface area (Å²) in [4.78, 5) is 12.2. The molecule has 20 heavy (non-hydrogen) atoms. The van der Waals surface area contributed by atoms with E-state index in [1.165, 1.54) is 0 Å². The predicted molar refractivity (Wildman–Crippen MR) is 77.6 cm³/mol. The number of rotatable bonds is 5. The second-order valence-corrected chi connectivity index (χ2v) is 4.68. The van der Waals surface area contributed by atoms with E-state index in [1.54, 1.807) is 25.3 Å². The van der Waals surface area contributed by atoms with Crippen LogP contribution in [0.1, 0.15) is 13.3 Å². The summed E-state index contributed by atoms with van der Waals surface area (Å²) >= 11 is 11.9. The van der Waals surface area contributed by atoms with Gasteiger partial charge in [0, 0.05) is 5.02 Å². The SMILES string of the molecule is CCCOc1nc(Cl)nc(-c2cc(Cl)ccc2OC)n1. The molecule has 0 radical (unpaired) electrons. The zero-order valence-corrected chi connectivity index (χ0v) is 12.6. The highest BCUT2D eigenvalue weighted by Crippen LogP contribution is 2.31. The van der Waals surface area contributed by atoms with Gasteiger partial charge in [0.05, 0.1) is 19.3 Å². The fourth-order valence-corrected chi connectivity index (χ4v) is 1.89. The molecule has 0 atom stereocenters. The third kappa shape index (κ3) is 3.49. The van der Waals surface area contributed by atoms with Crippen LogP contribution in [-0.4, -0.2) is 28.7 Å². The Morgan fingerprint density at radius 2 is 1.95 bits per heavy atom. The van der Waals surface area contributed by atoms with Gasteiger partial charge in [-0.15, -0.1) is 0 Å². The maximum Gasteiger partial charge on any atom is 0.321 e. The molecule has 1 heterocycles. The van der Waals surface area contributed by atoms with Crippen LogP contribution >= 0.6 is 23.2 Å². The summed E-state index contributed by atoms with van der Waals surface area (Å²) in [6.45, 7) is 2.50. The van der Waals surface area contributed by atoms with Gasteiger partial charge < -0.3 is 9.47 Å². The van der Waals surface area contributed by atoms with Gasteiger partial charge in [0.25, 0.3) is 0 Å². The van der Waals surface area contributed by atoms with Crippen molar-refractivity contribution >= 4 is 23.2 Å². The Morgan fingerprint density at radius 3 is 2.65 bits per heavy atom. The summed E-state index contributed by atoms with van der Waals surface area (Å²) in [6, 6.07) is 5.35. The van der Waals surface area contributed by atoms with E-state index < -0.39 is 0 Å². The molecule has 106 valence electrons. The van der Waals surface area contributed by atoms with E-state index in [0.717, 1.165) is 6.42 Å². The highest BCUT2D eigenvalue weighted by atomic mass is 35.5. The first kappa shape index (κ1) is 14.8. The van der Waals surface area contributed by atoms with E-state index >= 15 is 0 Å². The van der Waals surface area contributed by atoms with Crippen molar-refractivity contribution < 1.29 is 9.47 Å². The highest BCUT2D eigenvalue weighted by molar-refractivity contribution is 6.31. The smallest absolute Gasteiger partial charge is 0.321 e. The van der Waals surface area contributed by atoms with E-state index in [4.69, 9.17) is 32.7 Å². The summed E-state index contributed by atoms with van der Waals surface area (Å²) in [5.74, 6) is 0.952. The lowest BCUT2D eigenvalue weighted by molar-refractivity contribution is 0.291. The number of hydrogen-bond donors (Lipinski definition) is 0. The highest BCUT2D eigenvalue weighted by Gasteiger charge is 2.13. The van der Waals surface area contributed by atoms with E-state index in [1.807, 2.05) is 6.92 Å². The van der Waals surface area contributed by atoms with Crippen LogP contribution in [0.3, 0.4) is 0 Å². The Kier molecular flexibility index (Phi) is 4.98. The second-order valence-electron chi connectivity index (χ2n) is 3.90. The third-order valence-corrected chi connectivity index (χ3v) is 2.83. The van der Waals surface area contributed by atoms with Crippen LogP contribution in [0.25, 0.3) is 11.4 Å². The topological polar surface area (TPSA) is 57.1 Å². The minimum atomic E-state index is 0.0585. The zero-order chi connectivity index (χ0) is 14.5. The van der Waals surface area contributed by atoms with Crippen molar-refractivity contribution in [3.05, 3.63) is 28.5 Å². The van der Waals surface area contributed by atoms with Gasteiger partial charge in [0.15, 0.2) is 5.82 Å². The third-order valence-electron chi connectivity index (χ3n) is 2.43. The predicted octanol–water partition coefficient (Wildman–Crippen LogP) is 3.64. The van der Waals surface area contributed by atoms with E-state index in [0.29, 0.717) is 28.8 Å². The molecule has 0 N–H and O–H groups in total. The maximum absolute atomic E-state index is 6.00. The molecule has 0 bridgehead atoms. The minimum absolute atomic E-state index is 0.0585. The van der Waals surface area contributed by atoms with E-state index in [2.05, 4.69) is 15.0 Å². The van der Waals surface area contributed by atoms with Crippen molar-refractivity contribution in [2.24, 2.45) is 0 Å². The largest absolute Gasteiger partial charge is 0.496 e. The molecule has 2 aromatic rings. The summed E-state index contributed by atoms with van der Waals surface area (Å²) in [7, 11) is 1.56. The molecule has 0 unspecified atom stereocenters. The van der Waals surface area contributed by atoms with Gasteiger partial charge in [0.2, 0.25) is 5.28 Å². The lowest BCUT2D eigenvalue weighted by atomic mass is 10.2. The number of nitrogens with zero attached hydrogens (tertiary/aromatic N) is 3. The number of hydrogen-bond acceptors (Lipinski definition) is 5. The lowest BCUT2D eigenvalue weighted by Crippen LogP contribution is -2.03. The van der Waals surface area contributed by atoms with Crippen molar-refractivity contribution in [1.82, 2.24) is 15.0 Å². The first-order valence-corrected chi connectivity index (χ1v) is 6.78. The first-order valence-electron chi connectivity index (χ1n) is 6.02. The molecule has 0 saturated carbocycles. The van der Waals surface area contributed by atoms with Crippen molar-refractivity contribution in [2.45, 2.75) is 13.3 Å². The molecule has 1 aromatic carbocycles. The molecule has 1 aromatic heterocycles. The molecule has 0 aliphatic carbocycles. The van der Waals surface area contributed by atoms with Crippen molar-refractivity contribution in [1.29, 1.82) is 0 Å². The molecular formula is C13H13Cl2N3O2. The fourth-order valence-electron chi connectivity index (χ4n) is 1.57. The van der Waals surface area contributed by atoms with E-state index in [-0.39, 0.29) is 11.3 Å². The lowest BCUT2D eigenvalue weighted by Gasteiger charge is -2.09. The average Bonchev–Trinajstić information content (AvgIpc) is 2.44. The minimum Gasteiger partial charge on any atom is -0.496 e. The van der Waals surface area contributed by atoms with Crippen LogP contribution in [0, 0.1) is 0 Å². The first-order chi connectivity index (χ1) is 9.63. The Labute approximate surface area is 126 Å². The molecule has 0 amide bonds. The van der Waals surface area contributed by atoms with Gasteiger partial charge in [0.1, 0.15) is 5.75 Å².